The molecule has 1 aliphatic heterocycles. The van der Waals surface area contributed by atoms with Gasteiger partial charge in [-0.05, 0) is 31.2 Å². The highest BCUT2D eigenvalue weighted by molar-refractivity contribution is 7.99. The van der Waals surface area contributed by atoms with Crippen LogP contribution in [-0.4, -0.2) is 4.98 Å². The number of fused-ring (bicyclic) bond motifs is 2. The minimum atomic E-state index is 1.06. The topological polar surface area (TPSA) is 24.9 Å². The van der Waals surface area contributed by atoms with Gasteiger partial charge in [0, 0.05) is 20.7 Å². The maximum Gasteiger partial charge on any atom is 0.0901 e. The maximum atomic E-state index is 4.56. The molecule has 0 saturated heterocycles. The molecule has 0 saturated carbocycles. The van der Waals surface area contributed by atoms with Crippen molar-refractivity contribution in [2.45, 2.75) is 16.7 Å². The van der Waals surface area contributed by atoms with Crippen molar-refractivity contribution in [2.24, 2.45) is 0 Å². The number of rotatable bonds is 1. The molecular weight excluding hydrogens is 284 g/mol. The zero-order valence-corrected chi connectivity index (χ0v) is 12.5. The molecule has 0 aliphatic carbocycles. The van der Waals surface area contributed by atoms with Gasteiger partial charge in [-0.2, -0.15) is 0 Å². The van der Waals surface area contributed by atoms with Crippen molar-refractivity contribution in [3.05, 3.63) is 52.9 Å². The van der Waals surface area contributed by atoms with Crippen molar-refractivity contribution >= 4 is 34.5 Å². The van der Waals surface area contributed by atoms with Crippen LogP contribution in [0.1, 0.15) is 5.01 Å². The zero-order chi connectivity index (χ0) is 13.5. The number of hydrogen-bond acceptors (Lipinski definition) is 4. The molecule has 20 heavy (non-hydrogen) atoms. The molecule has 98 valence electrons. The molecule has 0 bridgehead atoms. The summed E-state index contributed by atoms with van der Waals surface area (Å²) in [7, 11) is 0. The number of para-hydroxylation sites is 1. The van der Waals surface area contributed by atoms with Crippen LogP contribution in [-0.2, 0) is 0 Å². The van der Waals surface area contributed by atoms with Gasteiger partial charge in [-0.1, -0.05) is 30.0 Å². The monoisotopic (exact) mass is 296 g/mol. The summed E-state index contributed by atoms with van der Waals surface area (Å²) in [6.45, 7) is 2.04. The first-order chi connectivity index (χ1) is 9.79. The molecule has 0 atom stereocenters. The first-order valence-corrected chi connectivity index (χ1v) is 8.10. The number of benzene rings is 2. The van der Waals surface area contributed by atoms with Crippen LogP contribution < -0.4 is 5.32 Å². The number of aromatic nitrogens is 1. The van der Waals surface area contributed by atoms with Crippen LogP contribution in [0, 0.1) is 6.92 Å². The molecule has 2 aromatic carbocycles. The van der Waals surface area contributed by atoms with Gasteiger partial charge in [-0.15, -0.1) is 11.3 Å². The van der Waals surface area contributed by atoms with E-state index in [9.17, 15) is 0 Å². The summed E-state index contributed by atoms with van der Waals surface area (Å²) >= 11 is 3.50. The van der Waals surface area contributed by atoms with E-state index in [1.165, 1.54) is 21.0 Å². The molecule has 2 nitrogen and oxygen atoms in total. The minimum absolute atomic E-state index is 1.06. The Morgan fingerprint density at radius 2 is 1.85 bits per heavy atom. The van der Waals surface area contributed by atoms with Crippen LogP contribution in [0.3, 0.4) is 0 Å². The van der Waals surface area contributed by atoms with Gasteiger partial charge in [0.2, 0.25) is 0 Å². The average molecular weight is 296 g/mol. The summed E-state index contributed by atoms with van der Waals surface area (Å²) in [5.41, 5.74) is 4.56. The van der Waals surface area contributed by atoms with Gasteiger partial charge in [0.15, 0.2) is 0 Å². The van der Waals surface area contributed by atoms with Gasteiger partial charge in [0.25, 0.3) is 0 Å². The van der Waals surface area contributed by atoms with E-state index in [4.69, 9.17) is 0 Å². The van der Waals surface area contributed by atoms with E-state index in [1.54, 1.807) is 11.3 Å². The van der Waals surface area contributed by atoms with E-state index in [1.807, 2.05) is 18.7 Å². The number of nitrogens with zero attached hydrogens (tertiary/aromatic N) is 1. The summed E-state index contributed by atoms with van der Waals surface area (Å²) in [5, 5.41) is 6.73. The summed E-state index contributed by atoms with van der Waals surface area (Å²) in [6, 6.07) is 14.9. The SMILES string of the molecule is Cc1nc(-c2ccc3c(c2)Nc2ccccc2S3)cs1. The van der Waals surface area contributed by atoms with Crippen LogP contribution in [0.2, 0.25) is 0 Å². The van der Waals surface area contributed by atoms with E-state index >= 15 is 0 Å². The summed E-state index contributed by atoms with van der Waals surface area (Å²) in [4.78, 5) is 7.10. The van der Waals surface area contributed by atoms with Crippen LogP contribution in [0.15, 0.2) is 57.6 Å². The van der Waals surface area contributed by atoms with Crippen molar-refractivity contribution < 1.29 is 0 Å². The molecular formula is C16H12N2S2. The minimum Gasteiger partial charge on any atom is -0.354 e. The predicted octanol–water partition coefficient (Wildman–Crippen LogP) is 5.33. The van der Waals surface area contributed by atoms with Crippen LogP contribution in [0.25, 0.3) is 11.3 Å². The third kappa shape index (κ3) is 2.01. The Morgan fingerprint density at radius 1 is 1.00 bits per heavy atom. The summed E-state index contributed by atoms with van der Waals surface area (Å²) < 4.78 is 0. The molecule has 3 aromatic rings. The van der Waals surface area contributed by atoms with Crippen molar-refractivity contribution in [2.75, 3.05) is 5.32 Å². The Kier molecular flexibility index (Phi) is 2.79. The lowest BCUT2D eigenvalue weighted by molar-refractivity contribution is 1.28. The van der Waals surface area contributed by atoms with Crippen LogP contribution >= 0.6 is 23.1 Å². The summed E-state index contributed by atoms with van der Waals surface area (Å²) in [6.07, 6.45) is 0. The fourth-order valence-corrected chi connectivity index (χ4v) is 3.89. The average Bonchev–Trinajstić information content (AvgIpc) is 2.91. The highest BCUT2D eigenvalue weighted by Gasteiger charge is 2.16. The normalized spacial score (nSPS) is 12.4. The fourth-order valence-electron chi connectivity index (χ4n) is 2.29. The molecule has 0 radical (unpaired) electrons. The Hall–Kier alpha value is -1.78. The van der Waals surface area contributed by atoms with E-state index in [0.29, 0.717) is 0 Å². The van der Waals surface area contributed by atoms with Gasteiger partial charge >= 0.3 is 0 Å². The lowest BCUT2D eigenvalue weighted by Crippen LogP contribution is -1.99. The molecule has 1 aromatic heterocycles. The van der Waals surface area contributed by atoms with Gasteiger partial charge in [-0.25, -0.2) is 4.98 Å². The first kappa shape index (κ1) is 12.0. The largest absolute Gasteiger partial charge is 0.354 e. The third-order valence-corrected chi connectivity index (χ3v) is 5.20. The van der Waals surface area contributed by atoms with Gasteiger partial charge in [0.05, 0.1) is 22.1 Å². The number of aryl methyl sites for hydroxylation is 1. The highest BCUT2D eigenvalue weighted by atomic mass is 32.2. The smallest absolute Gasteiger partial charge is 0.0901 e. The van der Waals surface area contributed by atoms with E-state index in [2.05, 4.69) is 58.1 Å². The lowest BCUT2D eigenvalue weighted by Gasteiger charge is -2.21. The Labute approximate surface area is 125 Å². The quantitative estimate of drug-likeness (QED) is 0.514. The number of anilines is 2. The lowest BCUT2D eigenvalue weighted by atomic mass is 10.1. The standard InChI is InChI=1S/C16H12N2S2/c1-10-17-14(9-19-10)11-6-7-16-13(8-11)18-12-4-2-3-5-15(12)20-16/h2-9,18H,1H3. The van der Waals surface area contributed by atoms with E-state index in [0.717, 1.165) is 16.4 Å². The second kappa shape index (κ2) is 4.65. The summed E-state index contributed by atoms with van der Waals surface area (Å²) in [5.74, 6) is 0. The Bertz CT molecular complexity index is 793. The molecule has 4 heteroatoms. The highest BCUT2D eigenvalue weighted by Crippen LogP contribution is 2.45. The maximum absolute atomic E-state index is 4.56. The number of hydrogen-bond donors (Lipinski definition) is 1. The van der Waals surface area contributed by atoms with E-state index < -0.39 is 0 Å². The Morgan fingerprint density at radius 3 is 2.70 bits per heavy atom. The van der Waals surface area contributed by atoms with Crippen molar-refractivity contribution in [3.8, 4) is 11.3 Å². The second-order valence-electron chi connectivity index (χ2n) is 4.69. The molecule has 0 amide bonds. The first-order valence-electron chi connectivity index (χ1n) is 6.40. The molecule has 4 rings (SSSR count). The van der Waals surface area contributed by atoms with Crippen LogP contribution in [0.5, 0.6) is 0 Å². The molecule has 0 spiro atoms. The zero-order valence-electron chi connectivity index (χ0n) is 10.9. The van der Waals surface area contributed by atoms with E-state index in [-0.39, 0.29) is 0 Å². The molecule has 1 aliphatic rings. The van der Waals surface area contributed by atoms with Crippen LogP contribution in [0.4, 0.5) is 11.4 Å². The predicted molar refractivity (Wildman–Crippen MR) is 86.1 cm³/mol. The molecule has 0 unspecified atom stereocenters. The molecule has 2 heterocycles. The Balaban J connectivity index is 1.76. The van der Waals surface area contributed by atoms with Crippen molar-refractivity contribution in [1.29, 1.82) is 0 Å². The van der Waals surface area contributed by atoms with Gasteiger partial charge in [0.1, 0.15) is 0 Å². The van der Waals surface area contributed by atoms with Crippen molar-refractivity contribution in [3.63, 3.8) is 0 Å². The third-order valence-electron chi connectivity index (χ3n) is 3.27. The van der Waals surface area contributed by atoms with Crippen molar-refractivity contribution in [1.82, 2.24) is 4.98 Å². The fraction of sp³-hybridized carbons (Fsp3) is 0.0625. The number of thiazole rings is 1. The molecule has 1 N–H and O–H groups in total. The number of nitrogens with one attached hydrogen (secondary N) is 1. The molecule has 0 fully saturated rings. The second-order valence-corrected chi connectivity index (χ2v) is 6.83. The van der Waals surface area contributed by atoms with Gasteiger partial charge in [-0.3, -0.25) is 0 Å². The van der Waals surface area contributed by atoms with Gasteiger partial charge < -0.3 is 5.32 Å².